The molecule has 2 fully saturated rings. The molecule has 0 spiro atoms. The first-order chi connectivity index (χ1) is 18.7. The van der Waals surface area contributed by atoms with Crippen LogP contribution in [0.1, 0.15) is 69.9 Å². The van der Waals surface area contributed by atoms with Crippen LogP contribution in [0, 0.1) is 11.8 Å². The van der Waals surface area contributed by atoms with Crippen LogP contribution in [0.3, 0.4) is 0 Å². The second kappa shape index (κ2) is 13.1. The fourth-order valence-electron chi connectivity index (χ4n) is 5.18. The van der Waals surface area contributed by atoms with E-state index in [-0.39, 0.29) is 31.0 Å². The molecule has 1 saturated carbocycles. The molecule has 2 atom stereocenters. The van der Waals surface area contributed by atoms with Crippen molar-refractivity contribution in [3.63, 3.8) is 0 Å². The summed E-state index contributed by atoms with van der Waals surface area (Å²) in [6.07, 6.45) is -3.60. The average Bonchev–Trinajstić information content (AvgIpc) is 3.42. The first-order valence-corrected chi connectivity index (χ1v) is 13.6. The predicted octanol–water partition coefficient (Wildman–Crippen LogP) is 5.90. The van der Waals surface area contributed by atoms with Gasteiger partial charge in [0.2, 0.25) is 11.8 Å². The van der Waals surface area contributed by atoms with Crippen LogP contribution in [0.4, 0.5) is 36.8 Å². The molecule has 1 heterocycles. The Bertz CT molecular complexity index is 1020. The summed E-state index contributed by atoms with van der Waals surface area (Å²) in [7, 11) is 0. The molecule has 1 aromatic rings. The topological polar surface area (TPSA) is 81.8 Å². The maximum Gasteiger partial charge on any atom is 0.416 e. The summed E-state index contributed by atoms with van der Waals surface area (Å²) < 4.78 is 79.0. The minimum Gasteiger partial charge on any atom is -0.339 e. The highest BCUT2D eigenvalue weighted by molar-refractivity contribution is 5.94. The van der Waals surface area contributed by atoms with Crippen LogP contribution in [-0.2, 0) is 21.9 Å². The number of nitrogens with one attached hydrogen (secondary N) is 2. The maximum atomic E-state index is 13.3. The summed E-state index contributed by atoms with van der Waals surface area (Å²) in [6.45, 7) is 4.70. The number of hydrogen-bond acceptors (Lipinski definition) is 3. The van der Waals surface area contributed by atoms with Crippen LogP contribution in [0.25, 0.3) is 0 Å². The molecule has 1 saturated heterocycles. The summed E-state index contributed by atoms with van der Waals surface area (Å²) in [4.78, 5) is 41.9. The highest BCUT2D eigenvalue weighted by atomic mass is 19.4. The number of nitrogens with zero attached hydrogens (tertiary/aromatic N) is 2. The zero-order valence-corrected chi connectivity index (χ0v) is 22.6. The van der Waals surface area contributed by atoms with E-state index in [1.807, 2.05) is 5.32 Å². The van der Waals surface area contributed by atoms with Crippen molar-refractivity contribution in [2.24, 2.45) is 11.8 Å². The number of piperazine rings is 1. The van der Waals surface area contributed by atoms with Gasteiger partial charge in [-0.15, -0.1) is 0 Å². The Morgan fingerprint density at radius 3 is 1.93 bits per heavy atom. The third-order valence-electron chi connectivity index (χ3n) is 7.80. The summed E-state index contributed by atoms with van der Waals surface area (Å²) in [6, 6.07) is -1.40. The third-order valence-corrected chi connectivity index (χ3v) is 7.80. The number of hydrogen-bond donors (Lipinski definition) is 2. The fourth-order valence-corrected chi connectivity index (χ4v) is 5.18. The van der Waals surface area contributed by atoms with Crippen molar-refractivity contribution in [2.45, 2.75) is 77.2 Å². The zero-order valence-electron chi connectivity index (χ0n) is 22.6. The third kappa shape index (κ3) is 8.50. The van der Waals surface area contributed by atoms with Crippen molar-refractivity contribution in [1.82, 2.24) is 15.1 Å². The molecule has 2 N–H and O–H groups in total. The molecule has 40 heavy (non-hydrogen) atoms. The first kappa shape index (κ1) is 31.5. The minimum atomic E-state index is -5.07. The number of amides is 4. The number of benzene rings is 1. The lowest BCUT2D eigenvalue weighted by molar-refractivity contribution is -0.143. The smallest absolute Gasteiger partial charge is 0.339 e. The van der Waals surface area contributed by atoms with Gasteiger partial charge >= 0.3 is 18.4 Å². The molecule has 224 valence electrons. The number of anilines is 1. The van der Waals surface area contributed by atoms with Crippen LogP contribution in [0.5, 0.6) is 0 Å². The van der Waals surface area contributed by atoms with E-state index in [4.69, 9.17) is 0 Å². The lowest BCUT2D eigenvalue weighted by atomic mass is 9.97. The number of urea groups is 1. The molecule has 2 aliphatic rings. The molecular weight excluding hydrogens is 542 g/mol. The van der Waals surface area contributed by atoms with Gasteiger partial charge in [0.1, 0.15) is 6.04 Å². The fraction of sp³-hybridized carbons (Fsp3) is 0.667. The largest absolute Gasteiger partial charge is 0.416 e. The lowest BCUT2D eigenvalue weighted by Crippen LogP contribution is -2.57. The standard InChI is InChI=1S/C27H36F6N4O3/c1-3-17(2)23(24(39)37-12-10-36(11-13-37)22(38)9-8-18-6-4-5-7-18)35-25(40)34-21-15-19(26(28,29)30)14-20(16-21)27(31,32)33/h14-18,23H,3-13H2,1-2H3,(H2,34,35,40). The molecule has 13 heteroatoms. The van der Waals surface area contributed by atoms with Gasteiger partial charge in [-0.3, -0.25) is 9.59 Å². The summed E-state index contributed by atoms with van der Waals surface area (Å²) >= 11 is 0. The molecule has 1 aliphatic carbocycles. The monoisotopic (exact) mass is 578 g/mol. The van der Waals surface area contributed by atoms with Gasteiger partial charge < -0.3 is 20.4 Å². The van der Waals surface area contributed by atoms with Crippen molar-refractivity contribution in [3.8, 4) is 0 Å². The van der Waals surface area contributed by atoms with E-state index >= 15 is 0 Å². The number of alkyl halides is 6. The van der Waals surface area contributed by atoms with E-state index in [9.17, 15) is 40.7 Å². The predicted molar refractivity (Wildman–Crippen MR) is 136 cm³/mol. The summed E-state index contributed by atoms with van der Waals surface area (Å²) in [5, 5.41) is 4.45. The van der Waals surface area contributed by atoms with Gasteiger partial charge in [-0.25, -0.2) is 4.79 Å². The molecular formula is C27H36F6N4O3. The zero-order chi connectivity index (χ0) is 29.7. The van der Waals surface area contributed by atoms with E-state index in [0.717, 1.165) is 19.3 Å². The second-order valence-corrected chi connectivity index (χ2v) is 10.7. The van der Waals surface area contributed by atoms with Gasteiger partial charge in [0, 0.05) is 38.3 Å². The highest BCUT2D eigenvalue weighted by Crippen LogP contribution is 2.37. The number of rotatable bonds is 8. The van der Waals surface area contributed by atoms with Crippen molar-refractivity contribution in [3.05, 3.63) is 29.3 Å². The molecule has 1 aliphatic heterocycles. The molecule has 0 radical (unpaired) electrons. The Kier molecular flexibility index (Phi) is 10.3. The molecule has 0 aromatic heterocycles. The van der Waals surface area contributed by atoms with Crippen LogP contribution in [0.15, 0.2) is 18.2 Å². The molecule has 0 bridgehead atoms. The highest BCUT2D eigenvalue weighted by Gasteiger charge is 2.38. The number of halogens is 6. The van der Waals surface area contributed by atoms with Gasteiger partial charge in [0.05, 0.1) is 11.1 Å². The van der Waals surface area contributed by atoms with E-state index in [0.29, 0.717) is 44.0 Å². The van der Waals surface area contributed by atoms with Gasteiger partial charge in [0.25, 0.3) is 0 Å². The second-order valence-electron chi connectivity index (χ2n) is 10.7. The quantitative estimate of drug-likeness (QED) is 0.377. The van der Waals surface area contributed by atoms with Crippen LogP contribution in [0.2, 0.25) is 0 Å². The Balaban J connectivity index is 1.62. The van der Waals surface area contributed by atoms with Gasteiger partial charge in [-0.05, 0) is 36.5 Å². The Labute approximate surface area is 229 Å². The normalized spacial score (nSPS) is 18.4. The number of carbonyl (C=O) groups excluding carboxylic acids is 3. The Hall–Kier alpha value is -2.99. The average molecular weight is 579 g/mol. The van der Waals surface area contributed by atoms with Crippen LogP contribution < -0.4 is 10.6 Å². The van der Waals surface area contributed by atoms with E-state index < -0.39 is 47.1 Å². The van der Waals surface area contributed by atoms with E-state index in [2.05, 4.69) is 5.32 Å². The van der Waals surface area contributed by atoms with Crippen molar-refractivity contribution in [2.75, 3.05) is 31.5 Å². The van der Waals surface area contributed by atoms with Crippen molar-refractivity contribution >= 4 is 23.5 Å². The van der Waals surface area contributed by atoms with E-state index in [1.54, 1.807) is 18.7 Å². The molecule has 3 rings (SSSR count). The molecule has 7 nitrogen and oxygen atoms in total. The van der Waals surface area contributed by atoms with Crippen LogP contribution in [-0.4, -0.2) is 59.9 Å². The SMILES string of the molecule is CCC(C)C(NC(=O)Nc1cc(C(F)(F)F)cc(C(F)(F)F)c1)C(=O)N1CCN(C(=O)CCC2CCCC2)CC1. The number of carbonyl (C=O) groups is 3. The van der Waals surface area contributed by atoms with Crippen LogP contribution >= 0.6 is 0 Å². The van der Waals surface area contributed by atoms with Gasteiger partial charge in [-0.2, -0.15) is 26.3 Å². The summed E-state index contributed by atoms with van der Waals surface area (Å²) in [5.74, 6) is -0.162. The minimum absolute atomic E-state index is 0.0340. The van der Waals surface area contributed by atoms with Crippen molar-refractivity contribution < 1.29 is 40.7 Å². The van der Waals surface area contributed by atoms with Gasteiger partial charge in [0.15, 0.2) is 0 Å². The van der Waals surface area contributed by atoms with E-state index in [1.165, 1.54) is 17.7 Å². The molecule has 2 unspecified atom stereocenters. The molecule has 4 amide bonds. The summed E-state index contributed by atoms with van der Waals surface area (Å²) in [5.41, 5.74) is -3.84. The Morgan fingerprint density at radius 2 is 1.43 bits per heavy atom. The first-order valence-electron chi connectivity index (χ1n) is 13.6. The Morgan fingerprint density at radius 1 is 0.900 bits per heavy atom. The lowest BCUT2D eigenvalue weighted by Gasteiger charge is -2.37. The molecule has 1 aromatic carbocycles. The van der Waals surface area contributed by atoms with Gasteiger partial charge in [-0.1, -0.05) is 46.0 Å². The van der Waals surface area contributed by atoms with Crippen molar-refractivity contribution in [1.29, 1.82) is 0 Å². The maximum absolute atomic E-state index is 13.3.